The van der Waals surface area contributed by atoms with Crippen LogP contribution in [0.15, 0.2) is 104 Å². The van der Waals surface area contributed by atoms with Crippen LogP contribution in [-0.4, -0.2) is 57.3 Å². The first kappa shape index (κ1) is 40.0. The minimum Gasteiger partial charge on any atom is -0.405 e. The van der Waals surface area contributed by atoms with Gasteiger partial charge in [-0.2, -0.15) is 18.3 Å². The van der Waals surface area contributed by atoms with E-state index in [9.17, 15) is 35.9 Å². The normalized spacial score (nSPS) is 11.9. The van der Waals surface area contributed by atoms with Crippen LogP contribution < -0.4 is 19.9 Å². The summed E-state index contributed by atoms with van der Waals surface area (Å²) in [6, 6.07) is 16.7. The lowest BCUT2D eigenvalue weighted by Crippen LogP contribution is -2.34. The first-order chi connectivity index (χ1) is 29.0. The summed E-state index contributed by atoms with van der Waals surface area (Å²) in [4.78, 5) is 44.5. The number of carbonyl (C=O) groups excluding carboxylic acids is 2. The highest BCUT2D eigenvalue weighted by Crippen LogP contribution is 2.38. The molecule has 6 heterocycles. The largest absolute Gasteiger partial charge is 0.573 e. The highest BCUT2D eigenvalue weighted by Gasteiger charge is 2.35. The van der Waals surface area contributed by atoms with Crippen molar-refractivity contribution in [1.82, 2.24) is 39.2 Å². The fraction of sp³-hybridized carbons (Fsp3) is 0.146. The monoisotopic (exact) mass is 838 g/mol. The van der Waals surface area contributed by atoms with E-state index in [1.807, 2.05) is 0 Å². The Balaban J connectivity index is 1.14. The van der Waals surface area contributed by atoms with E-state index in [1.165, 1.54) is 82.5 Å². The molecule has 8 aromatic rings. The number of carbonyl (C=O) groups is 2. The molecule has 0 aliphatic carbocycles. The van der Waals surface area contributed by atoms with Crippen LogP contribution in [0.2, 0.25) is 0 Å². The van der Waals surface area contributed by atoms with Crippen LogP contribution in [0.3, 0.4) is 0 Å². The number of pyridine rings is 1. The molecule has 0 aliphatic heterocycles. The highest BCUT2D eigenvalue weighted by atomic mass is 19.4. The minimum absolute atomic E-state index is 0.0109. The molecule has 0 saturated carbocycles. The maximum absolute atomic E-state index is 14.0. The van der Waals surface area contributed by atoms with Crippen molar-refractivity contribution in [2.75, 3.05) is 10.6 Å². The molecule has 0 bridgehead atoms. The van der Waals surface area contributed by atoms with Crippen LogP contribution in [0.25, 0.3) is 33.8 Å². The van der Waals surface area contributed by atoms with Crippen LogP contribution >= 0.6 is 0 Å². The van der Waals surface area contributed by atoms with E-state index in [0.717, 1.165) is 12.1 Å². The molecule has 0 unspecified atom stereocenters. The van der Waals surface area contributed by atoms with Crippen molar-refractivity contribution in [2.45, 2.75) is 39.9 Å². The molecule has 6 aromatic heterocycles. The van der Waals surface area contributed by atoms with Crippen molar-refractivity contribution < 1.29 is 45.2 Å². The van der Waals surface area contributed by atoms with Gasteiger partial charge in [0.25, 0.3) is 11.6 Å². The van der Waals surface area contributed by atoms with Crippen molar-refractivity contribution in [1.29, 1.82) is 0 Å². The third-order valence-electron chi connectivity index (χ3n) is 9.55. The van der Waals surface area contributed by atoms with E-state index in [2.05, 4.69) is 45.5 Å². The molecular weight excluding hydrogens is 809 g/mol. The van der Waals surface area contributed by atoms with E-state index in [1.54, 1.807) is 43.5 Å². The van der Waals surface area contributed by atoms with Gasteiger partial charge in [-0.25, -0.2) is 19.1 Å². The van der Waals surface area contributed by atoms with Crippen molar-refractivity contribution in [3.8, 4) is 28.3 Å². The Morgan fingerprint density at radius 2 is 1.51 bits per heavy atom. The number of benzene rings is 2. The van der Waals surface area contributed by atoms with Crippen LogP contribution in [0.5, 0.6) is 5.75 Å². The molecule has 0 aliphatic rings. The number of hydrogen-bond acceptors (Lipinski definition) is 9. The standard InChI is InChI=1S/C41H29F6N11O3/c1-22-16-25(52-38(59)31-18-50-37-24(3)23(2)36(55-58(31)37)27-8-4-6-10-29(27)40(42,43)44)17-26(51-22)20-56-21-32(39(60)53-34-19-48-14-15-49-34)57-35(56)13-12-30(54-57)28-9-5-7-11-33(28)61-41(45,46)47/h4-19,21H,20H2,1-3H3,(H-,49,51,52,53,59,60)/p+1. The Hall–Kier alpha value is -7.77. The smallest absolute Gasteiger partial charge is 0.405 e. The molecule has 20 heteroatoms. The average Bonchev–Trinajstić information content (AvgIpc) is 3.80. The Labute approximate surface area is 340 Å². The number of para-hydroxylation sites is 1. The van der Waals surface area contributed by atoms with Crippen LogP contribution in [0.1, 0.15) is 49.1 Å². The van der Waals surface area contributed by atoms with Gasteiger partial charge in [0.15, 0.2) is 17.2 Å². The Kier molecular flexibility index (Phi) is 10.1. The van der Waals surface area contributed by atoms with Gasteiger partial charge >= 0.3 is 24.1 Å². The van der Waals surface area contributed by atoms with Gasteiger partial charge < -0.3 is 15.4 Å². The fourth-order valence-electron chi connectivity index (χ4n) is 6.77. The topological polar surface area (TPSA) is 157 Å². The zero-order chi connectivity index (χ0) is 43.2. The number of ether oxygens (including phenoxy) is 1. The molecule has 0 fully saturated rings. The lowest BCUT2D eigenvalue weighted by Gasteiger charge is -2.16. The van der Waals surface area contributed by atoms with Crippen molar-refractivity contribution >= 4 is 34.6 Å². The van der Waals surface area contributed by atoms with Crippen molar-refractivity contribution in [3.05, 3.63) is 143 Å². The number of anilines is 2. The summed E-state index contributed by atoms with van der Waals surface area (Å²) in [5, 5.41) is 14.5. The summed E-state index contributed by atoms with van der Waals surface area (Å²) >= 11 is 0. The molecule has 0 radical (unpaired) electrons. The summed E-state index contributed by atoms with van der Waals surface area (Å²) in [5.41, 5.74) is 1.84. The van der Waals surface area contributed by atoms with E-state index in [4.69, 9.17) is 0 Å². The third-order valence-corrected chi connectivity index (χ3v) is 9.55. The summed E-state index contributed by atoms with van der Waals surface area (Å²) < 4.78 is 90.3. The maximum Gasteiger partial charge on any atom is 0.573 e. The number of nitrogens with one attached hydrogen (secondary N) is 2. The van der Waals surface area contributed by atoms with Gasteiger partial charge in [0.1, 0.15) is 24.2 Å². The van der Waals surface area contributed by atoms with Gasteiger partial charge in [0, 0.05) is 41.0 Å². The molecule has 2 N–H and O–H groups in total. The number of fused-ring (bicyclic) bond motifs is 2. The second kappa shape index (κ2) is 15.4. The predicted octanol–water partition coefficient (Wildman–Crippen LogP) is 7.58. The molecule has 0 saturated heterocycles. The van der Waals surface area contributed by atoms with Gasteiger partial charge in [0.05, 0.1) is 29.3 Å². The second-order valence-corrected chi connectivity index (χ2v) is 13.7. The van der Waals surface area contributed by atoms with Gasteiger partial charge in [-0.15, -0.1) is 13.2 Å². The molecule has 0 atom stereocenters. The Bertz CT molecular complexity index is 3000. The summed E-state index contributed by atoms with van der Waals surface area (Å²) in [6.45, 7) is 5.04. The van der Waals surface area contributed by atoms with Gasteiger partial charge in [-0.3, -0.25) is 19.6 Å². The Morgan fingerprint density at radius 1 is 0.770 bits per heavy atom. The van der Waals surface area contributed by atoms with E-state index in [-0.39, 0.29) is 51.9 Å². The molecule has 2 amide bonds. The number of imidazole rings is 2. The van der Waals surface area contributed by atoms with Crippen molar-refractivity contribution in [3.63, 3.8) is 0 Å². The Morgan fingerprint density at radius 3 is 2.25 bits per heavy atom. The third kappa shape index (κ3) is 8.14. The summed E-state index contributed by atoms with van der Waals surface area (Å²) in [7, 11) is 0. The fourth-order valence-corrected chi connectivity index (χ4v) is 6.77. The molecule has 8 rings (SSSR count). The summed E-state index contributed by atoms with van der Waals surface area (Å²) in [5.74, 6) is -1.70. The number of nitrogens with zero attached hydrogens (tertiary/aromatic N) is 9. The second-order valence-electron chi connectivity index (χ2n) is 13.7. The van der Waals surface area contributed by atoms with Crippen LogP contribution in [-0.2, 0) is 12.7 Å². The lowest BCUT2D eigenvalue weighted by molar-refractivity contribution is -0.662. The van der Waals surface area contributed by atoms with E-state index in [0.29, 0.717) is 33.8 Å². The van der Waals surface area contributed by atoms with Gasteiger partial charge in [0.2, 0.25) is 0 Å². The minimum atomic E-state index is -4.98. The zero-order valence-electron chi connectivity index (χ0n) is 32.0. The number of alkyl halides is 6. The van der Waals surface area contributed by atoms with E-state index >= 15 is 0 Å². The number of hydrogen-bond donors (Lipinski definition) is 2. The molecule has 2 aromatic carbocycles. The van der Waals surface area contributed by atoms with Crippen LogP contribution in [0.4, 0.5) is 37.8 Å². The van der Waals surface area contributed by atoms with Crippen molar-refractivity contribution in [2.24, 2.45) is 0 Å². The maximum atomic E-state index is 14.0. The number of rotatable bonds is 9. The molecule has 0 spiro atoms. The predicted molar refractivity (Wildman–Crippen MR) is 206 cm³/mol. The first-order valence-electron chi connectivity index (χ1n) is 18.2. The van der Waals surface area contributed by atoms with Crippen LogP contribution in [0, 0.1) is 20.8 Å². The van der Waals surface area contributed by atoms with E-state index < -0.39 is 35.7 Å². The highest BCUT2D eigenvalue weighted by molar-refractivity contribution is 6.04. The molecular formula is C41H30F6N11O3+. The SMILES string of the molecule is Cc1cc(NC(=O)c2cnc3c(C)c(C)c(-c4ccccc4C(F)(F)F)nn23)cc(C[n+]2cc(C(=O)Nc3cnccn3)n3nc(-c4ccccc4OC(F)(F)F)ccc32)n1. The average molecular weight is 839 g/mol. The summed E-state index contributed by atoms with van der Waals surface area (Å²) in [6.07, 6.45) is -2.75. The number of halogens is 6. The first-order valence-corrected chi connectivity index (χ1v) is 18.2. The van der Waals surface area contributed by atoms with Gasteiger partial charge in [-0.05, 0) is 68.3 Å². The number of amides is 2. The quantitative estimate of drug-likeness (QED) is 0.111. The molecule has 61 heavy (non-hydrogen) atoms. The zero-order valence-corrected chi connectivity index (χ0v) is 32.0. The number of aromatic nitrogens is 9. The van der Waals surface area contributed by atoms with Gasteiger partial charge in [-0.1, -0.05) is 39.9 Å². The number of aryl methyl sites for hydroxylation is 2. The lowest BCUT2D eigenvalue weighted by atomic mass is 9.99. The molecule has 308 valence electrons. The molecule has 14 nitrogen and oxygen atoms in total.